The highest BCUT2D eigenvalue weighted by Gasteiger charge is 2.62. The molecule has 0 heterocycles. The second-order valence-corrected chi connectivity index (χ2v) is 5.46. The molecule has 0 spiro atoms. The standard InChI is InChI=1S/C10H18O2/c1-9(2)6-4-10(3,8(9)12)5-7(6)11/h6-8,11-12H,4-5H2,1-3H3/t6-,7+,8+,10?/m1/s1. The summed E-state index contributed by atoms with van der Waals surface area (Å²) in [5.41, 5.74) is -0.111. The van der Waals surface area contributed by atoms with Crippen LogP contribution >= 0.6 is 0 Å². The molecule has 2 bridgehead atoms. The quantitative estimate of drug-likeness (QED) is 0.573. The van der Waals surface area contributed by atoms with Crippen LogP contribution in [0.5, 0.6) is 0 Å². The predicted octanol–water partition coefficient (Wildman–Crippen LogP) is 1.16. The summed E-state index contributed by atoms with van der Waals surface area (Å²) in [5.74, 6) is 0.303. The first kappa shape index (κ1) is 8.52. The molecule has 2 N–H and O–H groups in total. The van der Waals surface area contributed by atoms with Crippen LogP contribution < -0.4 is 0 Å². The van der Waals surface area contributed by atoms with E-state index in [0.717, 1.165) is 12.8 Å². The summed E-state index contributed by atoms with van der Waals surface area (Å²) in [5, 5.41) is 19.7. The fourth-order valence-corrected chi connectivity index (χ4v) is 3.42. The SMILES string of the molecule is CC12C[C@H]([C@@H](O)C1)C(C)(C)[C@@H]2O. The first-order chi connectivity index (χ1) is 5.38. The van der Waals surface area contributed by atoms with E-state index in [1.165, 1.54) is 0 Å². The lowest BCUT2D eigenvalue weighted by Crippen LogP contribution is -2.45. The molecule has 0 radical (unpaired) electrons. The van der Waals surface area contributed by atoms with Crippen molar-refractivity contribution in [2.45, 2.75) is 45.8 Å². The fraction of sp³-hybridized carbons (Fsp3) is 1.00. The van der Waals surface area contributed by atoms with Gasteiger partial charge in [-0.05, 0) is 29.6 Å². The van der Waals surface area contributed by atoms with Crippen molar-refractivity contribution in [2.75, 3.05) is 0 Å². The van der Waals surface area contributed by atoms with Crippen LogP contribution in [0.2, 0.25) is 0 Å². The zero-order valence-electron chi connectivity index (χ0n) is 8.04. The average molecular weight is 170 g/mol. The maximum absolute atomic E-state index is 10.0. The van der Waals surface area contributed by atoms with E-state index in [9.17, 15) is 10.2 Å². The van der Waals surface area contributed by atoms with Crippen LogP contribution in [0.25, 0.3) is 0 Å². The van der Waals surface area contributed by atoms with Crippen LogP contribution in [0, 0.1) is 16.7 Å². The van der Waals surface area contributed by atoms with Gasteiger partial charge in [-0.25, -0.2) is 0 Å². The van der Waals surface area contributed by atoms with Gasteiger partial charge in [-0.1, -0.05) is 20.8 Å². The van der Waals surface area contributed by atoms with Gasteiger partial charge in [0.15, 0.2) is 0 Å². The minimum Gasteiger partial charge on any atom is -0.393 e. The van der Waals surface area contributed by atoms with E-state index in [4.69, 9.17) is 0 Å². The van der Waals surface area contributed by atoms with E-state index < -0.39 is 0 Å². The summed E-state index contributed by atoms with van der Waals surface area (Å²) < 4.78 is 0. The smallest absolute Gasteiger partial charge is 0.0649 e. The van der Waals surface area contributed by atoms with E-state index in [2.05, 4.69) is 20.8 Å². The van der Waals surface area contributed by atoms with E-state index in [1.807, 2.05) is 0 Å². The third-order valence-corrected chi connectivity index (χ3v) is 4.15. The van der Waals surface area contributed by atoms with Gasteiger partial charge in [-0.3, -0.25) is 0 Å². The lowest BCUT2D eigenvalue weighted by Gasteiger charge is -2.41. The van der Waals surface area contributed by atoms with Gasteiger partial charge in [0.25, 0.3) is 0 Å². The number of aliphatic hydroxyl groups is 2. The number of fused-ring (bicyclic) bond motifs is 2. The van der Waals surface area contributed by atoms with Crippen molar-refractivity contribution in [1.29, 1.82) is 0 Å². The van der Waals surface area contributed by atoms with E-state index in [1.54, 1.807) is 0 Å². The summed E-state index contributed by atoms with van der Waals surface area (Å²) in [6.45, 7) is 6.22. The second-order valence-electron chi connectivity index (χ2n) is 5.46. The zero-order valence-corrected chi connectivity index (χ0v) is 8.04. The van der Waals surface area contributed by atoms with Crippen LogP contribution in [0.3, 0.4) is 0 Å². The molecule has 2 aliphatic rings. The molecule has 0 aromatic carbocycles. The van der Waals surface area contributed by atoms with Crippen molar-refractivity contribution in [1.82, 2.24) is 0 Å². The Morgan fingerprint density at radius 3 is 2.00 bits per heavy atom. The van der Waals surface area contributed by atoms with Gasteiger partial charge < -0.3 is 10.2 Å². The summed E-state index contributed by atoms with van der Waals surface area (Å²) in [4.78, 5) is 0. The van der Waals surface area contributed by atoms with Crippen LogP contribution in [-0.2, 0) is 0 Å². The van der Waals surface area contributed by atoms with Gasteiger partial charge in [0.05, 0.1) is 12.2 Å². The van der Waals surface area contributed by atoms with Crippen LogP contribution in [0.15, 0.2) is 0 Å². The Labute approximate surface area is 73.6 Å². The van der Waals surface area contributed by atoms with Crippen molar-refractivity contribution in [3.63, 3.8) is 0 Å². The molecule has 2 aliphatic carbocycles. The molecule has 2 fully saturated rings. The molecular formula is C10H18O2. The van der Waals surface area contributed by atoms with Gasteiger partial charge in [0, 0.05) is 0 Å². The maximum atomic E-state index is 10.0. The largest absolute Gasteiger partial charge is 0.393 e. The number of rotatable bonds is 0. The summed E-state index contributed by atoms with van der Waals surface area (Å²) in [6, 6.07) is 0. The van der Waals surface area contributed by atoms with Gasteiger partial charge in [-0.15, -0.1) is 0 Å². The highest BCUT2D eigenvalue weighted by atomic mass is 16.3. The Morgan fingerprint density at radius 2 is 1.67 bits per heavy atom. The number of hydrogen-bond acceptors (Lipinski definition) is 2. The lowest BCUT2D eigenvalue weighted by molar-refractivity contribution is -0.0783. The van der Waals surface area contributed by atoms with Crippen LogP contribution in [-0.4, -0.2) is 22.4 Å². The highest BCUT2D eigenvalue weighted by Crippen LogP contribution is 2.62. The van der Waals surface area contributed by atoms with Crippen molar-refractivity contribution in [3.8, 4) is 0 Å². The Morgan fingerprint density at radius 1 is 1.08 bits per heavy atom. The van der Waals surface area contributed by atoms with Gasteiger partial charge in [0.2, 0.25) is 0 Å². The number of aliphatic hydroxyl groups excluding tert-OH is 2. The molecule has 2 saturated carbocycles. The molecule has 0 amide bonds. The zero-order chi connectivity index (χ0) is 9.15. The molecule has 2 nitrogen and oxygen atoms in total. The molecule has 0 aromatic rings. The minimum absolute atomic E-state index is 0.0203. The van der Waals surface area contributed by atoms with E-state index in [0.29, 0.717) is 5.92 Å². The van der Waals surface area contributed by atoms with Gasteiger partial charge >= 0.3 is 0 Å². The normalized spacial score (nSPS) is 56.2. The topological polar surface area (TPSA) is 40.5 Å². The van der Waals surface area contributed by atoms with Crippen LogP contribution in [0.4, 0.5) is 0 Å². The molecule has 0 saturated heterocycles. The third kappa shape index (κ3) is 0.775. The molecule has 1 unspecified atom stereocenters. The van der Waals surface area contributed by atoms with E-state index in [-0.39, 0.29) is 23.0 Å². The minimum atomic E-state index is -0.238. The first-order valence-corrected chi connectivity index (χ1v) is 4.74. The van der Waals surface area contributed by atoms with Crippen molar-refractivity contribution >= 4 is 0 Å². The molecule has 0 aromatic heterocycles. The van der Waals surface area contributed by atoms with Gasteiger partial charge in [0.1, 0.15) is 0 Å². The Kier molecular flexibility index (Phi) is 1.45. The van der Waals surface area contributed by atoms with Crippen molar-refractivity contribution in [2.24, 2.45) is 16.7 Å². The van der Waals surface area contributed by atoms with Gasteiger partial charge in [-0.2, -0.15) is 0 Å². The fourth-order valence-electron chi connectivity index (χ4n) is 3.42. The summed E-state index contributed by atoms with van der Waals surface area (Å²) in [6.07, 6.45) is 1.34. The van der Waals surface area contributed by atoms with Crippen LogP contribution in [0.1, 0.15) is 33.6 Å². The highest BCUT2D eigenvalue weighted by molar-refractivity contribution is 5.12. The lowest BCUT2D eigenvalue weighted by atomic mass is 9.69. The average Bonchev–Trinajstić information content (AvgIpc) is 2.32. The van der Waals surface area contributed by atoms with E-state index >= 15 is 0 Å². The molecular weight excluding hydrogens is 152 g/mol. The summed E-state index contributed by atoms with van der Waals surface area (Å²) >= 11 is 0. The maximum Gasteiger partial charge on any atom is 0.0649 e. The first-order valence-electron chi connectivity index (χ1n) is 4.74. The third-order valence-electron chi connectivity index (χ3n) is 4.15. The molecule has 12 heavy (non-hydrogen) atoms. The summed E-state index contributed by atoms with van der Waals surface area (Å²) in [7, 11) is 0. The molecule has 2 heteroatoms. The van der Waals surface area contributed by atoms with Crippen molar-refractivity contribution < 1.29 is 10.2 Å². The molecule has 0 aliphatic heterocycles. The number of hydrogen-bond donors (Lipinski definition) is 2. The monoisotopic (exact) mass is 170 g/mol. The second kappa shape index (κ2) is 2.05. The molecule has 4 atom stereocenters. The molecule has 70 valence electrons. The predicted molar refractivity (Wildman–Crippen MR) is 46.6 cm³/mol. The Balaban J connectivity index is 2.36. The Bertz CT molecular complexity index is 207. The molecule has 2 rings (SSSR count). The Hall–Kier alpha value is -0.0800. The van der Waals surface area contributed by atoms with Crippen molar-refractivity contribution in [3.05, 3.63) is 0 Å².